The molecule has 0 radical (unpaired) electrons. The lowest BCUT2D eigenvalue weighted by molar-refractivity contribution is -0.144. The SMILES string of the molecule is Cc1ccc(CN(CC(=O)O)C(=O)Cc2ccc3c(c2)C[C@@](C)(Cc2ccccc2F)O3)cc1. The fourth-order valence-electron chi connectivity index (χ4n) is 4.42. The highest BCUT2D eigenvalue weighted by atomic mass is 19.1. The van der Waals surface area contributed by atoms with Gasteiger partial charge < -0.3 is 14.7 Å². The van der Waals surface area contributed by atoms with E-state index in [0.29, 0.717) is 18.4 Å². The van der Waals surface area contributed by atoms with E-state index >= 15 is 0 Å². The van der Waals surface area contributed by atoms with Crippen molar-refractivity contribution in [2.45, 2.75) is 45.3 Å². The van der Waals surface area contributed by atoms with Crippen molar-refractivity contribution in [1.82, 2.24) is 4.90 Å². The number of rotatable bonds is 8. The highest BCUT2D eigenvalue weighted by Crippen LogP contribution is 2.38. The Morgan fingerprint density at radius 1 is 1.06 bits per heavy atom. The van der Waals surface area contributed by atoms with E-state index in [4.69, 9.17) is 4.74 Å². The average Bonchev–Trinajstić information content (AvgIpc) is 3.11. The first-order valence-electron chi connectivity index (χ1n) is 11.3. The van der Waals surface area contributed by atoms with Crippen LogP contribution in [0.15, 0.2) is 66.7 Å². The first-order chi connectivity index (χ1) is 16.2. The number of halogens is 1. The Balaban J connectivity index is 1.46. The van der Waals surface area contributed by atoms with Crippen molar-refractivity contribution in [2.24, 2.45) is 0 Å². The molecule has 0 aliphatic carbocycles. The molecular weight excluding hydrogens is 433 g/mol. The maximum absolute atomic E-state index is 14.2. The van der Waals surface area contributed by atoms with Crippen LogP contribution in [0, 0.1) is 12.7 Å². The summed E-state index contributed by atoms with van der Waals surface area (Å²) in [5, 5.41) is 9.31. The molecule has 176 valence electrons. The molecular formula is C28H28FNO4. The molecule has 1 amide bonds. The predicted molar refractivity (Wildman–Crippen MR) is 127 cm³/mol. The van der Waals surface area contributed by atoms with Crippen molar-refractivity contribution in [3.63, 3.8) is 0 Å². The molecule has 0 fully saturated rings. The molecule has 34 heavy (non-hydrogen) atoms. The third kappa shape index (κ3) is 5.63. The molecule has 6 heteroatoms. The summed E-state index contributed by atoms with van der Waals surface area (Å²) in [6.07, 6.45) is 1.13. The van der Waals surface area contributed by atoms with Gasteiger partial charge in [-0.15, -0.1) is 0 Å². The van der Waals surface area contributed by atoms with Gasteiger partial charge in [0.2, 0.25) is 5.91 Å². The molecule has 1 N–H and O–H groups in total. The number of carboxylic acids is 1. The van der Waals surface area contributed by atoms with E-state index < -0.39 is 11.6 Å². The van der Waals surface area contributed by atoms with Gasteiger partial charge in [-0.2, -0.15) is 0 Å². The largest absolute Gasteiger partial charge is 0.487 e. The second kappa shape index (κ2) is 9.67. The molecule has 0 unspecified atom stereocenters. The monoisotopic (exact) mass is 461 g/mol. The molecule has 3 aromatic rings. The summed E-state index contributed by atoms with van der Waals surface area (Å²) in [6.45, 7) is 3.81. The molecule has 0 saturated heterocycles. The molecule has 0 bridgehead atoms. The molecule has 0 saturated carbocycles. The van der Waals surface area contributed by atoms with Crippen molar-refractivity contribution in [3.8, 4) is 5.75 Å². The number of carbonyl (C=O) groups is 2. The number of aryl methyl sites for hydroxylation is 1. The lowest BCUT2D eigenvalue weighted by Gasteiger charge is -2.24. The molecule has 4 rings (SSSR count). The zero-order chi connectivity index (χ0) is 24.3. The summed E-state index contributed by atoms with van der Waals surface area (Å²) in [6, 6.07) is 20.0. The van der Waals surface area contributed by atoms with E-state index in [0.717, 1.165) is 28.0 Å². The number of amides is 1. The number of aliphatic carboxylic acids is 1. The molecule has 1 aliphatic heterocycles. The minimum atomic E-state index is -1.05. The van der Waals surface area contributed by atoms with Gasteiger partial charge in [-0.25, -0.2) is 4.39 Å². The minimum Gasteiger partial charge on any atom is -0.487 e. The van der Waals surface area contributed by atoms with Gasteiger partial charge >= 0.3 is 5.97 Å². The predicted octanol–water partition coefficient (Wildman–Crippen LogP) is 4.73. The summed E-state index contributed by atoms with van der Waals surface area (Å²) in [5.41, 5.74) is 3.77. The van der Waals surface area contributed by atoms with Crippen LogP contribution < -0.4 is 4.74 Å². The summed E-state index contributed by atoms with van der Waals surface area (Å²) in [4.78, 5) is 25.7. The first kappa shape index (κ1) is 23.5. The maximum atomic E-state index is 14.2. The quantitative estimate of drug-likeness (QED) is 0.527. The van der Waals surface area contributed by atoms with Crippen molar-refractivity contribution in [2.75, 3.05) is 6.54 Å². The fraction of sp³-hybridized carbons (Fsp3) is 0.286. The van der Waals surface area contributed by atoms with E-state index in [9.17, 15) is 19.1 Å². The fourth-order valence-corrected chi connectivity index (χ4v) is 4.42. The number of hydrogen-bond donors (Lipinski definition) is 1. The van der Waals surface area contributed by atoms with Crippen LogP contribution in [0.1, 0.15) is 34.7 Å². The number of benzene rings is 3. The molecule has 1 atom stereocenters. The van der Waals surface area contributed by atoms with Crippen molar-refractivity contribution >= 4 is 11.9 Å². The van der Waals surface area contributed by atoms with E-state index in [1.165, 1.54) is 11.0 Å². The van der Waals surface area contributed by atoms with Crippen LogP contribution in [-0.2, 0) is 35.4 Å². The zero-order valence-electron chi connectivity index (χ0n) is 19.4. The third-order valence-corrected chi connectivity index (χ3v) is 6.10. The third-order valence-electron chi connectivity index (χ3n) is 6.10. The standard InChI is InChI=1S/C28H28FNO4/c1-19-7-9-20(10-8-19)17-30(18-27(32)33)26(31)14-21-11-12-25-23(13-21)16-28(2,34-25)15-22-5-3-4-6-24(22)29/h3-13H,14-18H2,1-2H3,(H,32,33)/t28-/m1/s1. The van der Waals surface area contributed by atoms with E-state index in [2.05, 4.69) is 0 Å². The highest BCUT2D eigenvalue weighted by molar-refractivity contribution is 5.83. The number of ether oxygens (including phenoxy) is 1. The Labute approximate surface area is 198 Å². The summed E-state index contributed by atoms with van der Waals surface area (Å²) in [7, 11) is 0. The lowest BCUT2D eigenvalue weighted by Crippen LogP contribution is -2.36. The van der Waals surface area contributed by atoms with Crippen molar-refractivity contribution in [1.29, 1.82) is 0 Å². The topological polar surface area (TPSA) is 66.8 Å². The number of nitrogens with zero attached hydrogens (tertiary/aromatic N) is 1. The van der Waals surface area contributed by atoms with Gasteiger partial charge in [-0.05, 0) is 48.2 Å². The Hall–Kier alpha value is -3.67. The van der Waals surface area contributed by atoms with Crippen LogP contribution in [-0.4, -0.2) is 34.0 Å². The summed E-state index contributed by atoms with van der Waals surface area (Å²) in [5.74, 6) is -0.818. The first-order valence-corrected chi connectivity index (χ1v) is 11.3. The van der Waals surface area contributed by atoms with Gasteiger partial charge in [0.15, 0.2) is 0 Å². The van der Waals surface area contributed by atoms with E-state index in [-0.39, 0.29) is 31.2 Å². The average molecular weight is 462 g/mol. The van der Waals surface area contributed by atoms with Gasteiger partial charge in [0, 0.05) is 19.4 Å². The van der Waals surface area contributed by atoms with Crippen molar-refractivity contribution in [3.05, 3.63) is 100 Å². The summed E-state index contributed by atoms with van der Waals surface area (Å²) >= 11 is 0. The normalized spacial score (nSPS) is 16.6. The van der Waals surface area contributed by atoms with Gasteiger partial charge in [0.05, 0.1) is 6.42 Å². The Morgan fingerprint density at radius 2 is 1.76 bits per heavy atom. The highest BCUT2D eigenvalue weighted by Gasteiger charge is 2.35. The van der Waals surface area contributed by atoms with Crippen LogP contribution in [0.3, 0.4) is 0 Å². The van der Waals surface area contributed by atoms with E-state index in [1.54, 1.807) is 12.1 Å². The Kier molecular flexibility index (Phi) is 6.68. The number of carboxylic acid groups (broad SMARTS) is 1. The second-order valence-corrected chi connectivity index (χ2v) is 9.24. The van der Waals surface area contributed by atoms with Gasteiger partial charge in [0.25, 0.3) is 0 Å². The Morgan fingerprint density at radius 3 is 2.47 bits per heavy atom. The molecule has 1 aliphatic rings. The minimum absolute atomic E-state index is 0.0937. The van der Waals surface area contributed by atoms with Crippen LogP contribution in [0.4, 0.5) is 4.39 Å². The van der Waals surface area contributed by atoms with Gasteiger partial charge in [-0.1, -0.05) is 60.2 Å². The van der Waals surface area contributed by atoms with Crippen LogP contribution in [0.2, 0.25) is 0 Å². The molecule has 0 spiro atoms. The van der Waals surface area contributed by atoms with Crippen LogP contribution in [0.5, 0.6) is 5.75 Å². The van der Waals surface area contributed by atoms with E-state index in [1.807, 2.05) is 62.4 Å². The van der Waals surface area contributed by atoms with Crippen LogP contribution >= 0.6 is 0 Å². The number of fused-ring (bicyclic) bond motifs is 1. The van der Waals surface area contributed by atoms with Crippen molar-refractivity contribution < 1.29 is 23.8 Å². The molecule has 5 nitrogen and oxygen atoms in total. The number of hydrogen-bond acceptors (Lipinski definition) is 3. The smallest absolute Gasteiger partial charge is 0.323 e. The van der Waals surface area contributed by atoms with Crippen LogP contribution in [0.25, 0.3) is 0 Å². The zero-order valence-corrected chi connectivity index (χ0v) is 19.4. The molecule has 0 aromatic heterocycles. The molecule has 3 aromatic carbocycles. The summed E-state index contributed by atoms with van der Waals surface area (Å²) < 4.78 is 20.3. The lowest BCUT2D eigenvalue weighted by atomic mass is 9.91. The Bertz CT molecular complexity index is 1210. The second-order valence-electron chi connectivity index (χ2n) is 9.24. The van der Waals surface area contributed by atoms with Gasteiger partial charge in [-0.3, -0.25) is 9.59 Å². The molecule has 1 heterocycles. The number of carbonyl (C=O) groups excluding carboxylic acids is 1. The van der Waals surface area contributed by atoms with Gasteiger partial charge in [0.1, 0.15) is 23.7 Å². The maximum Gasteiger partial charge on any atom is 0.323 e.